The average Bonchev–Trinajstić information content (AvgIpc) is 3.11. The zero-order valence-corrected chi connectivity index (χ0v) is 13.6. The highest BCUT2D eigenvalue weighted by Crippen LogP contribution is 2.51. The minimum atomic E-state index is -0.103. The SMILES string of the molecule is COC1=C2CCC[C@@H]2[C@H](C2=NC(C)(C)CO2)c2ccccc21. The quantitative estimate of drug-likeness (QED) is 0.821. The first-order valence-corrected chi connectivity index (χ1v) is 8.19. The van der Waals surface area contributed by atoms with E-state index >= 15 is 0 Å². The largest absolute Gasteiger partial charge is 0.496 e. The summed E-state index contributed by atoms with van der Waals surface area (Å²) in [6.07, 6.45) is 3.56. The van der Waals surface area contributed by atoms with Crippen molar-refractivity contribution in [3.05, 3.63) is 41.0 Å². The van der Waals surface area contributed by atoms with Gasteiger partial charge in [0.1, 0.15) is 12.4 Å². The van der Waals surface area contributed by atoms with Gasteiger partial charge in [0.15, 0.2) is 5.90 Å². The van der Waals surface area contributed by atoms with Crippen molar-refractivity contribution in [2.45, 2.75) is 44.6 Å². The van der Waals surface area contributed by atoms with E-state index in [2.05, 4.69) is 38.1 Å². The summed E-state index contributed by atoms with van der Waals surface area (Å²) >= 11 is 0. The van der Waals surface area contributed by atoms with E-state index in [4.69, 9.17) is 14.5 Å². The average molecular weight is 297 g/mol. The van der Waals surface area contributed by atoms with Gasteiger partial charge in [0, 0.05) is 5.56 Å². The Bertz CT molecular complexity index is 672. The summed E-state index contributed by atoms with van der Waals surface area (Å²) in [6, 6.07) is 8.58. The van der Waals surface area contributed by atoms with Crippen LogP contribution in [-0.4, -0.2) is 25.2 Å². The number of rotatable bonds is 2. The van der Waals surface area contributed by atoms with Crippen molar-refractivity contribution in [1.29, 1.82) is 0 Å². The summed E-state index contributed by atoms with van der Waals surface area (Å²) < 4.78 is 11.8. The van der Waals surface area contributed by atoms with Crippen LogP contribution in [0.3, 0.4) is 0 Å². The summed E-state index contributed by atoms with van der Waals surface area (Å²) in [6.45, 7) is 4.96. The Morgan fingerprint density at radius 2 is 2.09 bits per heavy atom. The van der Waals surface area contributed by atoms with E-state index in [-0.39, 0.29) is 11.5 Å². The van der Waals surface area contributed by atoms with E-state index in [0.29, 0.717) is 12.5 Å². The number of hydrogen-bond acceptors (Lipinski definition) is 3. The van der Waals surface area contributed by atoms with Gasteiger partial charge < -0.3 is 9.47 Å². The van der Waals surface area contributed by atoms with E-state index in [1.807, 2.05) is 0 Å². The topological polar surface area (TPSA) is 30.8 Å². The normalized spacial score (nSPS) is 28.8. The molecule has 0 radical (unpaired) electrons. The maximum absolute atomic E-state index is 6.03. The van der Waals surface area contributed by atoms with Gasteiger partial charge in [0.25, 0.3) is 0 Å². The first kappa shape index (κ1) is 13.9. The summed E-state index contributed by atoms with van der Waals surface area (Å²) in [5.74, 6) is 2.76. The Morgan fingerprint density at radius 3 is 2.82 bits per heavy atom. The number of fused-ring (bicyclic) bond motifs is 2. The maximum Gasteiger partial charge on any atom is 0.192 e. The van der Waals surface area contributed by atoms with Crippen LogP contribution in [0.15, 0.2) is 34.8 Å². The van der Waals surface area contributed by atoms with E-state index in [1.54, 1.807) is 7.11 Å². The van der Waals surface area contributed by atoms with Crippen LogP contribution in [0.25, 0.3) is 5.76 Å². The van der Waals surface area contributed by atoms with Crippen LogP contribution in [0.2, 0.25) is 0 Å². The highest BCUT2D eigenvalue weighted by molar-refractivity contribution is 5.90. The van der Waals surface area contributed by atoms with Crippen molar-refractivity contribution in [2.24, 2.45) is 10.9 Å². The molecule has 22 heavy (non-hydrogen) atoms. The van der Waals surface area contributed by atoms with Gasteiger partial charge in [-0.25, -0.2) is 4.99 Å². The summed E-state index contributed by atoms with van der Waals surface area (Å²) in [5.41, 5.74) is 3.89. The standard InChI is InChI=1S/C19H23NO2/c1-19(2)11-22-18(20-19)16-12-7-4-5-8-14(12)17(21-3)15-10-6-9-13(15)16/h4-5,7-8,13,16H,6,9-11H2,1-3H3/t13-,16+/m0/s1. The molecule has 1 fully saturated rings. The lowest BCUT2D eigenvalue weighted by atomic mass is 9.75. The predicted octanol–water partition coefficient (Wildman–Crippen LogP) is 4.15. The molecule has 1 aromatic carbocycles. The molecule has 116 valence electrons. The molecule has 3 heteroatoms. The molecule has 2 atom stereocenters. The number of ether oxygens (including phenoxy) is 2. The van der Waals surface area contributed by atoms with Crippen molar-refractivity contribution >= 4 is 11.7 Å². The molecule has 3 nitrogen and oxygen atoms in total. The fourth-order valence-corrected chi connectivity index (χ4v) is 4.21. The van der Waals surface area contributed by atoms with Crippen LogP contribution >= 0.6 is 0 Å². The molecule has 2 aliphatic carbocycles. The minimum Gasteiger partial charge on any atom is -0.496 e. The third-order valence-corrected chi connectivity index (χ3v) is 5.10. The zero-order valence-electron chi connectivity index (χ0n) is 13.6. The molecule has 1 aliphatic heterocycles. The van der Waals surface area contributed by atoms with Gasteiger partial charge in [-0.2, -0.15) is 0 Å². The van der Waals surface area contributed by atoms with Crippen molar-refractivity contribution < 1.29 is 9.47 Å². The Balaban J connectivity index is 1.88. The molecule has 0 N–H and O–H groups in total. The lowest BCUT2D eigenvalue weighted by Gasteiger charge is -2.32. The molecule has 1 aromatic rings. The predicted molar refractivity (Wildman–Crippen MR) is 87.9 cm³/mol. The minimum absolute atomic E-state index is 0.103. The number of benzene rings is 1. The Morgan fingerprint density at radius 1 is 1.27 bits per heavy atom. The van der Waals surface area contributed by atoms with E-state index < -0.39 is 0 Å². The molecule has 0 saturated heterocycles. The van der Waals surface area contributed by atoms with Crippen LogP contribution in [0.1, 0.15) is 50.2 Å². The second-order valence-electron chi connectivity index (χ2n) is 7.17. The van der Waals surface area contributed by atoms with Gasteiger partial charge >= 0.3 is 0 Å². The summed E-state index contributed by atoms with van der Waals surface area (Å²) in [4.78, 5) is 4.89. The second-order valence-corrected chi connectivity index (χ2v) is 7.17. The third kappa shape index (κ3) is 1.98. The zero-order chi connectivity index (χ0) is 15.3. The van der Waals surface area contributed by atoms with Crippen molar-refractivity contribution in [1.82, 2.24) is 0 Å². The monoisotopic (exact) mass is 297 g/mol. The third-order valence-electron chi connectivity index (χ3n) is 5.10. The van der Waals surface area contributed by atoms with Crippen molar-refractivity contribution in [3.63, 3.8) is 0 Å². The van der Waals surface area contributed by atoms with Gasteiger partial charge in [-0.1, -0.05) is 24.3 Å². The van der Waals surface area contributed by atoms with Crippen LogP contribution in [0.5, 0.6) is 0 Å². The molecule has 4 rings (SSSR count). The van der Waals surface area contributed by atoms with Gasteiger partial charge in [0.2, 0.25) is 0 Å². The van der Waals surface area contributed by atoms with E-state index in [9.17, 15) is 0 Å². The molecule has 1 saturated carbocycles. The Labute approximate surface area is 132 Å². The number of aliphatic imine (C=N–C) groups is 1. The molecule has 0 unspecified atom stereocenters. The Hall–Kier alpha value is -1.77. The van der Waals surface area contributed by atoms with Crippen LogP contribution < -0.4 is 0 Å². The second kappa shape index (κ2) is 4.87. The van der Waals surface area contributed by atoms with E-state index in [0.717, 1.165) is 18.1 Å². The molecule has 0 bridgehead atoms. The molecule has 1 heterocycles. The van der Waals surface area contributed by atoms with Crippen molar-refractivity contribution in [3.8, 4) is 0 Å². The van der Waals surface area contributed by atoms with Gasteiger partial charge in [-0.05, 0) is 50.2 Å². The lowest BCUT2D eigenvalue weighted by molar-refractivity contribution is 0.265. The number of methoxy groups -OCH3 is 1. The number of hydrogen-bond donors (Lipinski definition) is 0. The number of allylic oxidation sites excluding steroid dienone is 1. The smallest absolute Gasteiger partial charge is 0.192 e. The highest BCUT2D eigenvalue weighted by Gasteiger charge is 2.44. The van der Waals surface area contributed by atoms with Gasteiger partial charge in [-0.3, -0.25) is 0 Å². The van der Waals surface area contributed by atoms with E-state index in [1.165, 1.54) is 29.5 Å². The van der Waals surface area contributed by atoms with Crippen LogP contribution in [-0.2, 0) is 9.47 Å². The first-order valence-electron chi connectivity index (χ1n) is 8.19. The molecule has 0 amide bonds. The lowest BCUT2D eigenvalue weighted by Crippen LogP contribution is -2.26. The highest BCUT2D eigenvalue weighted by atomic mass is 16.5. The van der Waals surface area contributed by atoms with Crippen LogP contribution in [0.4, 0.5) is 0 Å². The van der Waals surface area contributed by atoms with Gasteiger partial charge in [-0.15, -0.1) is 0 Å². The fraction of sp³-hybridized carbons (Fsp3) is 0.526. The first-order chi connectivity index (χ1) is 10.6. The number of nitrogens with zero attached hydrogens (tertiary/aromatic N) is 1. The molecular weight excluding hydrogens is 274 g/mol. The fourth-order valence-electron chi connectivity index (χ4n) is 4.21. The Kier molecular flexibility index (Phi) is 3.07. The molecule has 0 spiro atoms. The van der Waals surface area contributed by atoms with Crippen molar-refractivity contribution in [2.75, 3.05) is 13.7 Å². The van der Waals surface area contributed by atoms with Gasteiger partial charge in [0.05, 0.1) is 18.6 Å². The molecule has 3 aliphatic rings. The summed E-state index contributed by atoms with van der Waals surface area (Å²) in [5, 5.41) is 0. The van der Waals surface area contributed by atoms with Crippen LogP contribution in [0, 0.1) is 5.92 Å². The maximum atomic E-state index is 6.03. The molecular formula is C19H23NO2. The summed E-state index contributed by atoms with van der Waals surface area (Å²) in [7, 11) is 1.79. The molecule has 0 aromatic heterocycles.